The minimum Gasteiger partial charge on any atom is -0.494 e. The molecule has 0 heterocycles. The molecule has 1 fully saturated rings. The number of ether oxygens (including phenoxy) is 1. The van der Waals surface area contributed by atoms with Gasteiger partial charge in [0.25, 0.3) is 5.91 Å². The van der Waals surface area contributed by atoms with E-state index in [-0.39, 0.29) is 17.7 Å². The highest BCUT2D eigenvalue weighted by Gasteiger charge is 2.20. The molecular formula is C20H30N2O3. The first-order valence-electron chi connectivity index (χ1n) is 9.49. The van der Waals surface area contributed by atoms with Gasteiger partial charge in [-0.2, -0.15) is 0 Å². The van der Waals surface area contributed by atoms with Crippen molar-refractivity contribution in [3.63, 3.8) is 0 Å². The molecule has 0 aromatic heterocycles. The van der Waals surface area contributed by atoms with Crippen LogP contribution in [0.1, 0.15) is 62.2 Å². The lowest BCUT2D eigenvalue weighted by molar-refractivity contribution is -0.125. The Morgan fingerprint density at radius 3 is 2.40 bits per heavy atom. The van der Waals surface area contributed by atoms with Crippen LogP contribution in [-0.4, -0.2) is 31.5 Å². The van der Waals surface area contributed by atoms with Crippen molar-refractivity contribution < 1.29 is 14.3 Å². The van der Waals surface area contributed by atoms with Crippen molar-refractivity contribution in [2.24, 2.45) is 5.92 Å². The molecular weight excluding hydrogens is 316 g/mol. The van der Waals surface area contributed by atoms with Gasteiger partial charge in [-0.3, -0.25) is 9.59 Å². The van der Waals surface area contributed by atoms with E-state index in [1.54, 1.807) is 12.1 Å². The molecule has 5 heteroatoms. The van der Waals surface area contributed by atoms with Crippen molar-refractivity contribution in [1.82, 2.24) is 10.6 Å². The molecule has 1 aromatic carbocycles. The number of hydrogen-bond acceptors (Lipinski definition) is 3. The largest absolute Gasteiger partial charge is 0.494 e. The summed E-state index contributed by atoms with van der Waals surface area (Å²) in [5.74, 6) is 0.934. The third kappa shape index (κ3) is 6.77. The Kier molecular flexibility index (Phi) is 8.29. The lowest BCUT2D eigenvalue weighted by Gasteiger charge is -2.20. The standard InChI is InChI=1S/C20H30N2O3/c1-2-3-15-25-18-11-9-17(10-12-18)20(24)22-14-13-21-19(23)16-7-5-4-6-8-16/h9-12,16H,2-8,13-15H2,1H3,(H,21,23)(H,22,24). The Morgan fingerprint density at radius 1 is 1.04 bits per heavy atom. The van der Waals surface area contributed by atoms with Crippen LogP contribution in [-0.2, 0) is 4.79 Å². The minimum atomic E-state index is -0.132. The summed E-state index contributed by atoms with van der Waals surface area (Å²) in [6.45, 7) is 3.72. The highest BCUT2D eigenvalue weighted by molar-refractivity contribution is 5.94. The summed E-state index contributed by atoms with van der Waals surface area (Å²) in [4.78, 5) is 24.1. The fraction of sp³-hybridized carbons (Fsp3) is 0.600. The van der Waals surface area contributed by atoms with Gasteiger partial charge in [-0.25, -0.2) is 0 Å². The molecule has 2 amide bonds. The van der Waals surface area contributed by atoms with Crippen LogP contribution in [0.25, 0.3) is 0 Å². The number of unbranched alkanes of at least 4 members (excludes halogenated alkanes) is 1. The van der Waals surface area contributed by atoms with Crippen molar-refractivity contribution in [1.29, 1.82) is 0 Å². The van der Waals surface area contributed by atoms with Crippen LogP contribution < -0.4 is 15.4 Å². The van der Waals surface area contributed by atoms with E-state index in [2.05, 4.69) is 17.6 Å². The van der Waals surface area contributed by atoms with Crippen molar-refractivity contribution >= 4 is 11.8 Å². The van der Waals surface area contributed by atoms with E-state index < -0.39 is 0 Å². The van der Waals surface area contributed by atoms with E-state index in [9.17, 15) is 9.59 Å². The number of amides is 2. The summed E-state index contributed by atoms with van der Waals surface area (Å²) >= 11 is 0. The maximum Gasteiger partial charge on any atom is 0.251 e. The normalized spacial score (nSPS) is 14.8. The predicted octanol–water partition coefficient (Wildman–Crippen LogP) is 3.29. The van der Waals surface area contributed by atoms with E-state index in [1.165, 1.54) is 6.42 Å². The first kappa shape index (κ1) is 19.3. The van der Waals surface area contributed by atoms with Crippen molar-refractivity contribution in [3.05, 3.63) is 29.8 Å². The van der Waals surface area contributed by atoms with Crippen LogP contribution in [0.4, 0.5) is 0 Å². The molecule has 0 bridgehead atoms. The molecule has 1 saturated carbocycles. The SMILES string of the molecule is CCCCOc1ccc(C(=O)NCCNC(=O)C2CCCCC2)cc1. The van der Waals surface area contributed by atoms with Gasteiger partial charge in [-0.1, -0.05) is 32.6 Å². The number of benzene rings is 1. The first-order chi connectivity index (χ1) is 12.2. The van der Waals surface area contributed by atoms with Crippen LogP contribution in [0.15, 0.2) is 24.3 Å². The second-order valence-electron chi connectivity index (χ2n) is 6.61. The van der Waals surface area contributed by atoms with Crippen molar-refractivity contribution in [2.75, 3.05) is 19.7 Å². The molecule has 1 aliphatic rings. The fourth-order valence-electron chi connectivity index (χ4n) is 3.01. The second kappa shape index (κ2) is 10.7. The highest BCUT2D eigenvalue weighted by atomic mass is 16.5. The Balaban J connectivity index is 1.65. The summed E-state index contributed by atoms with van der Waals surface area (Å²) < 4.78 is 5.58. The first-order valence-corrected chi connectivity index (χ1v) is 9.49. The Hall–Kier alpha value is -2.04. The maximum absolute atomic E-state index is 12.1. The molecule has 0 aliphatic heterocycles. The van der Waals surface area contributed by atoms with Gasteiger partial charge >= 0.3 is 0 Å². The van der Waals surface area contributed by atoms with Crippen LogP contribution in [0.2, 0.25) is 0 Å². The Morgan fingerprint density at radius 2 is 1.72 bits per heavy atom. The lowest BCUT2D eigenvalue weighted by atomic mass is 9.89. The lowest BCUT2D eigenvalue weighted by Crippen LogP contribution is -2.38. The van der Waals surface area contributed by atoms with E-state index in [0.29, 0.717) is 25.3 Å². The van der Waals surface area contributed by atoms with Crippen LogP contribution in [0.5, 0.6) is 5.75 Å². The molecule has 138 valence electrons. The third-order valence-electron chi connectivity index (χ3n) is 4.57. The minimum absolute atomic E-state index is 0.127. The van der Waals surface area contributed by atoms with Gasteiger partial charge in [-0.05, 0) is 43.5 Å². The molecule has 0 atom stereocenters. The topological polar surface area (TPSA) is 67.4 Å². The molecule has 0 unspecified atom stereocenters. The van der Waals surface area contributed by atoms with Gasteiger partial charge in [0.15, 0.2) is 0 Å². The van der Waals surface area contributed by atoms with Crippen LogP contribution in [0, 0.1) is 5.92 Å². The van der Waals surface area contributed by atoms with Gasteiger partial charge in [0.2, 0.25) is 5.91 Å². The van der Waals surface area contributed by atoms with Gasteiger partial charge in [0.1, 0.15) is 5.75 Å². The quantitative estimate of drug-likeness (QED) is 0.674. The van der Waals surface area contributed by atoms with Crippen LogP contribution in [0.3, 0.4) is 0 Å². The number of nitrogens with one attached hydrogen (secondary N) is 2. The summed E-state index contributed by atoms with van der Waals surface area (Å²) in [6, 6.07) is 7.15. The summed E-state index contributed by atoms with van der Waals surface area (Å²) in [5, 5.41) is 5.76. The average molecular weight is 346 g/mol. The van der Waals surface area contributed by atoms with E-state index in [4.69, 9.17) is 4.74 Å². The fourth-order valence-corrected chi connectivity index (χ4v) is 3.01. The monoisotopic (exact) mass is 346 g/mol. The summed E-state index contributed by atoms with van der Waals surface area (Å²) in [7, 11) is 0. The number of carbonyl (C=O) groups excluding carboxylic acids is 2. The number of carbonyl (C=O) groups is 2. The molecule has 0 radical (unpaired) electrons. The van der Waals surface area contributed by atoms with Gasteiger partial charge in [-0.15, -0.1) is 0 Å². The van der Waals surface area contributed by atoms with E-state index in [1.807, 2.05) is 12.1 Å². The zero-order chi connectivity index (χ0) is 17.9. The smallest absolute Gasteiger partial charge is 0.251 e. The average Bonchev–Trinajstić information content (AvgIpc) is 2.66. The molecule has 2 N–H and O–H groups in total. The van der Waals surface area contributed by atoms with Gasteiger partial charge in [0.05, 0.1) is 6.61 Å². The molecule has 2 rings (SSSR count). The summed E-state index contributed by atoms with van der Waals surface area (Å²) in [6.07, 6.45) is 7.63. The van der Waals surface area contributed by atoms with Gasteiger partial charge in [0, 0.05) is 24.6 Å². The zero-order valence-electron chi connectivity index (χ0n) is 15.2. The molecule has 1 aliphatic carbocycles. The highest BCUT2D eigenvalue weighted by Crippen LogP contribution is 2.23. The molecule has 5 nitrogen and oxygen atoms in total. The molecule has 1 aromatic rings. The molecule has 25 heavy (non-hydrogen) atoms. The zero-order valence-corrected chi connectivity index (χ0v) is 15.2. The molecule has 0 spiro atoms. The van der Waals surface area contributed by atoms with E-state index in [0.717, 1.165) is 44.3 Å². The Labute approximate surface area is 150 Å². The van der Waals surface area contributed by atoms with Gasteiger partial charge < -0.3 is 15.4 Å². The van der Waals surface area contributed by atoms with Crippen molar-refractivity contribution in [3.8, 4) is 5.75 Å². The number of rotatable bonds is 9. The van der Waals surface area contributed by atoms with Crippen molar-refractivity contribution in [2.45, 2.75) is 51.9 Å². The predicted molar refractivity (Wildman–Crippen MR) is 98.8 cm³/mol. The maximum atomic E-state index is 12.1. The Bertz CT molecular complexity index is 536. The number of hydrogen-bond donors (Lipinski definition) is 2. The van der Waals surface area contributed by atoms with E-state index >= 15 is 0 Å². The summed E-state index contributed by atoms with van der Waals surface area (Å²) in [5.41, 5.74) is 0.599. The molecule has 0 saturated heterocycles. The third-order valence-corrected chi connectivity index (χ3v) is 4.57. The second-order valence-corrected chi connectivity index (χ2v) is 6.61. The van der Waals surface area contributed by atoms with Crippen LogP contribution >= 0.6 is 0 Å².